The molecular formula is C12H24N2. The van der Waals surface area contributed by atoms with Gasteiger partial charge < -0.3 is 0 Å². The molecule has 0 saturated carbocycles. The lowest BCUT2D eigenvalue weighted by atomic mass is 9.93. The van der Waals surface area contributed by atoms with Crippen LogP contribution in [0.15, 0.2) is 12.3 Å². The Morgan fingerprint density at radius 3 is 1.93 bits per heavy atom. The van der Waals surface area contributed by atoms with Crippen LogP contribution in [0, 0.1) is 0 Å². The number of rotatable bonds is 1. The fourth-order valence-electron chi connectivity index (χ4n) is 0.938. The quantitative estimate of drug-likeness (QED) is 0.671. The highest BCUT2D eigenvalue weighted by atomic mass is 15.3. The normalized spacial score (nSPS) is 10.7. The van der Waals surface area contributed by atoms with Crippen LogP contribution in [-0.2, 0) is 12.0 Å². The maximum absolute atomic E-state index is 4.42. The van der Waals surface area contributed by atoms with E-state index in [-0.39, 0.29) is 5.41 Å². The minimum absolute atomic E-state index is 0.181. The summed E-state index contributed by atoms with van der Waals surface area (Å²) < 4.78 is 1.96. The Balaban J connectivity index is 0.000000500. The van der Waals surface area contributed by atoms with Gasteiger partial charge in [0.1, 0.15) is 0 Å². The second-order valence-electron chi connectivity index (χ2n) is 4.51. The van der Waals surface area contributed by atoms with Gasteiger partial charge in [-0.1, -0.05) is 41.0 Å². The summed E-state index contributed by atoms with van der Waals surface area (Å²) in [6, 6.07) is 2.09. The highest BCUT2D eigenvalue weighted by molar-refractivity contribution is 5.10. The van der Waals surface area contributed by atoms with Gasteiger partial charge in [0, 0.05) is 18.2 Å². The van der Waals surface area contributed by atoms with Gasteiger partial charge >= 0.3 is 0 Å². The van der Waals surface area contributed by atoms with Crippen molar-refractivity contribution < 1.29 is 0 Å². The Labute approximate surface area is 88.3 Å². The van der Waals surface area contributed by atoms with Crippen molar-refractivity contribution in [3.05, 3.63) is 18.0 Å². The molecule has 0 aliphatic heterocycles. The van der Waals surface area contributed by atoms with Crippen molar-refractivity contribution in [3.63, 3.8) is 0 Å². The van der Waals surface area contributed by atoms with Crippen LogP contribution in [-0.4, -0.2) is 9.78 Å². The van der Waals surface area contributed by atoms with Crippen molar-refractivity contribution in [1.82, 2.24) is 9.78 Å². The van der Waals surface area contributed by atoms with Crippen LogP contribution in [0.25, 0.3) is 0 Å². The minimum Gasteiger partial charge on any atom is -0.273 e. The zero-order valence-electron chi connectivity index (χ0n) is 10.5. The molecule has 0 bridgehead atoms. The Bertz CT molecular complexity index is 243. The van der Waals surface area contributed by atoms with Gasteiger partial charge in [-0.15, -0.1) is 0 Å². The zero-order chi connectivity index (χ0) is 11.2. The van der Waals surface area contributed by atoms with Crippen LogP contribution in [0.4, 0.5) is 0 Å². The summed E-state index contributed by atoms with van der Waals surface area (Å²) in [6.45, 7) is 13.8. The molecule has 82 valence electrons. The molecule has 0 aliphatic rings. The average molecular weight is 196 g/mol. The summed E-state index contributed by atoms with van der Waals surface area (Å²) in [6.07, 6.45) is 3.28. The molecule has 1 aromatic rings. The molecule has 0 unspecified atom stereocenters. The van der Waals surface area contributed by atoms with Gasteiger partial charge in [-0.05, 0) is 13.0 Å². The molecule has 1 heterocycles. The third-order valence-electron chi connectivity index (χ3n) is 1.73. The molecule has 0 saturated heterocycles. The Morgan fingerprint density at radius 2 is 1.71 bits per heavy atom. The van der Waals surface area contributed by atoms with Crippen LogP contribution < -0.4 is 0 Å². The topological polar surface area (TPSA) is 17.8 Å². The van der Waals surface area contributed by atoms with E-state index in [2.05, 4.69) is 52.7 Å². The smallest absolute Gasteiger partial charge is 0.0677 e. The van der Waals surface area contributed by atoms with E-state index in [0.717, 1.165) is 6.54 Å². The highest BCUT2D eigenvalue weighted by Gasteiger charge is 2.15. The largest absolute Gasteiger partial charge is 0.273 e. The van der Waals surface area contributed by atoms with Crippen molar-refractivity contribution in [2.45, 2.75) is 59.9 Å². The van der Waals surface area contributed by atoms with E-state index >= 15 is 0 Å². The highest BCUT2D eigenvalue weighted by Crippen LogP contribution is 2.19. The summed E-state index contributed by atoms with van der Waals surface area (Å²) in [5.41, 5.74) is 1.35. The molecule has 14 heavy (non-hydrogen) atoms. The predicted octanol–water partition coefficient (Wildman–Crippen LogP) is 3.62. The van der Waals surface area contributed by atoms with Crippen molar-refractivity contribution in [2.24, 2.45) is 0 Å². The van der Waals surface area contributed by atoms with Crippen LogP contribution in [0.2, 0.25) is 0 Å². The van der Waals surface area contributed by atoms with Gasteiger partial charge in [-0.3, -0.25) is 4.68 Å². The molecule has 0 amide bonds. The summed E-state index contributed by atoms with van der Waals surface area (Å²) >= 11 is 0. The lowest BCUT2D eigenvalue weighted by Crippen LogP contribution is -2.12. The molecule has 0 N–H and O–H groups in total. The van der Waals surface area contributed by atoms with Crippen molar-refractivity contribution >= 4 is 0 Å². The Morgan fingerprint density at radius 1 is 1.21 bits per heavy atom. The lowest BCUT2D eigenvalue weighted by molar-refractivity contribution is 0.541. The van der Waals surface area contributed by atoms with E-state index in [4.69, 9.17) is 0 Å². The van der Waals surface area contributed by atoms with Crippen LogP contribution in [0.3, 0.4) is 0 Å². The van der Waals surface area contributed by atoms with Crippen LogP contribution >= 0.6 is 0 Å². The van der Waals surface area contributed by atoms with Gasteiger partial charge in [0.25, 0.3) is 0 Å². The fraction of sp³-hybridized carbons (Fsp3) is 0.750. The van der Waals surface area contributed by atoms with Crippen LogP contribution in [0.5, 0.6) is 0 Å². The molecule has 0 atom stereocenters. The van der Waals surface area contributed by atoms with Gasteiger partial charge in [-0.2, -0.15) is 5.10 Å². The molecule has 0 spiro atoms. The first-order valence-electron chi connectivity index (χ1n) is 5.49. The number of nitrogens with zero attached hydrogens (tertiary/aromatic N) is 2. The molecule has 1 rings (SSSR count). The van der Waals surface area contributed by atoms with Crippen molar-refractivity contribution in [1.29, 1.82) is 0 Å². The van der Waals surface area contributed by atoms with Gasteiger partial charge in [-0.25, -0.2) is 0 Å². The van der Waals surface area contributed by atoms with Gasteiger partial charge in [0.15, 0.2) is 0 Å². The third kappa shape index (κ3) is 4.45. The molecule has 0 aromatic carbocycles. The number of hydrogen-bond acceptors (Lipinski definition) is 1. The van der Waals surface area contributed by atoms with E-state index in [0.29, 0.717) is 0 Å². The van der Waals surface area contributed by atoms with Gasteiger partial charge in [0.05, 0.1) is 5.69 Å². The summed E-state index contributed by atoms with van der Waals surface area (Å²) in [4.78, 5) is 0. The molecule has 2 nitrogen and oxygen atoms in total. The summed E-state index contributed by atoms with van der Waals surface area (Å²) in [7, 11) is 0. The maximum atomic E-state index is 4.42. The Hall–Kier alpha value is -0.790. The van der Waals surface area contributed by atoms with E-state index in [9.17, 15) is 0 Å². The van der Waals surface area contributed by atoms with E-state index in [1.165, 1.54) is 12.1 Å². The average Bonchev–Trinajstić information content (AvgIpc) is 2.52. The first-order valence-corrected chi connectivity index (χ1v) is 5.49. The SMILES string of the molecule is CCC.CCn1ccc(C(C)(C)C)n1. The number of hydrogen-bond donors (Lipinski definition) is 0. The summed E-state index contributed by atoms with van der Waals surface area (Å²) in [5, 5.41) is 4.42. The predicted molar refractivity (Wildman–Crippen MR) is 62.6 cm³/mol. The number of aryl methyl sites for hydroxylation is 1. The molecule has 0 fully saturated rings. The lowest BCUT2D eigenvalue weighted by Gasteiger charge is -2.14. The zero-order valence-corrected chi connectivity index (χ0v) is 10.5. The maximum Gasteiger partial charge on any atom is 0.0677 e. The molecule has 1 aromatic heterocycles. The summed E-state index contributed by atoms with van der Waals surface area (Å²) in [5.74, 6) is 0. The second-order valence-corrected chi connectivity index (χ2v) is 4.51. The fourth-order valence-corrected chi connectivity index (χ4v) is 0.938. The van der Waals surface area contributed by atoms with E-state index < -0.39 is 0 Å². The van der Waals surface area contributed by atoms with E-state index in [1.807, 2.05) is 10.9 Å². The molecule has 2 heteroatoms. The molecular weight excluding hydrogens is 172 g/mol. The standard InChI is InChI=1S/C9H16N2.C3H8/c1-5-11-7-6-8(10-11)9(2,3)4;1-3-2/h6-7H,5H2,1-4H3;3H2,1-2H3. The minimum atomic E-state index is 0.181. The third-order valence-corrected chi connectivity index (χ3v) is 1.73. The first kappa shape index (κ1) is 13.2. The monoisotopic (exact) mass is 196 g/mol. The first-order chi connectivity index (χ1) is 6.45. The molecule has 0 aliphatic carbocycles. The second kappa shape index (κ2) is 5.84. The number of aromatic nitrogens is 2. The van der Waals surface area contributed by atoms with Crippen LogP contribution in [0.1, 0.15) is 53.7 Å². The molecule has 0 radical (unpaired) electrons. The van der Waals surface area contributed by atoms with Crippen molar-refractivity contribution in [3.8, 4) is 0 Å². The Kier molecular flexibility index (Phi) is 5.51. The van der Waals surface area contributed by atoms with Crippen molar-refractivity contribution in [2.75, 3.05) is 0 Å². The van der Waals surface area contributed by atoms with Gasteiger partial charge in [0.2, 0.25) is 0 Å². The van der Waals surface area contributed by atoms with E-state index in [1.54, 1.807) is 0 Å².